The van der Waals surface area contributed by atoms with E-state index in [0.29, 0.717) is 11.3 Å². The zero-order valence-electron chi connectivity index (χ0n) is 11.2. The predicted molar refractivity (Wildman–Crippen MR) is 81.8 cm³/mol. The second kappa shape index (κ2) is 6.28. The number of anilines is 2. The van der Waals surface area contributed by atoms with Gasteiger partial charge in [-0.15, -0.1) is 10.3 Å². The first-order valence-electron chi connectivity index (χ1n) is 6.08. The van der Waals surface area contributed by atoms with Gasteiger partial charge in [0.2, 0.25) is 0 Å². The molecular formula is C15H11FN2O3S. The molecular weight excluding hydrogens is 307 g/mol. The van der Waals surface area contributed by atoms with E-state index in [1.165, 1.54) is 12.1 Å². The van der Waals surface area contributed by atoms with Crippen LogP contribution in [0.1, 0.15) is 5.56 Å². The molecule has 0 bridgehead atoms. The number of benzene rings is 2. The van der Waals surface area contributed by atoms with Crippen LogP contribution in [0.3, 0.4) is 0 Å². The molecule has 0 aliphatic heterocycles. The van der Waals surface area contributed by atoms with Crippen LogP contribution in [-0.4, -0.2) is 14.4 Å². The van der Waals surface area contributed by atoms with E-state index in [4.69, 9.17) is 6.42 Å². The van der Waals surface area contributed by atoms with Gasteiger partial charge in [-0.3, -0.25) is 0 Å². The number of carbonyl (C=O) groups is 1. The minimum Gasteiger partial charge on any atom is -0.308 e. The van der Waals surface area contributed by atoms with Crippen LogP contribution in [0.2, 0.25) is 0 Å². The van der Waals surface area contributed by atoms with Crippen molar-refractivity contribution in [3.05, 3.63) is 54.1 Å². The van der Waals surface area contributed by atoms with E-state index >= 15 is 0 Å². The average molecular weight is 318 g/mol. The van der Waals surface area contributed by atoms with Crippen molar-refractivity contribution in [1.29, 1.82) is 0 Å². The molecule has 0 unspecified atom stereocenters. The summed E-state index contributed by atoms with van der Waals surface area (Å²) >= 11 is 0. The summed E-state index contributed by atoms with van der Waals surface area (Å²) < 4.78 is 34.5. The van der Waals surface area contributed by atoms with Crippen molar-refractivity contribution < 1.29 is 17.1 Å². The summed E-state index contributed by atoms with van der Waals surface area (Å²) in [5, 5.41) is 4.95. The number of carbonyl (C=O) groups excluding carboxylic acids is 1. The maximum Gasteiger partial charge on any atom is 0.332 e. The molecule has 2 amide bonds. The summed E-state index contributed by atoms with van der Waals surface area (Å²) in [4.78, 5) is 11.3. The van der Waals surface area contributed by atoms with Crippen molar-refractivity contribution in [3.63, 3.8) is 0 Å². The fourth-order valence-electron chi connectivity index (χ4n) is 1.67. The molecule has 0 aliphatic rings. The minimum atomic E-state index is -4.82. The lowest BCUT2D eigenvalue weighted by atomic mass is 10.2. The second-order valence-corrected chi connectivity index (χ2v) is 5.61. The highest BCUT2D eigenvalue weighted by molar-refractivity contribution is 7.86. The van der Waals surface area contributed by atoms with Crippen LogP contribution in [0.25, 0.3) is 0 Å². The van der Waals surface area contributed by atoms with E-state index < -0.39 is 21.1 Å². The van der Waals surface area contributed by atoms with Crippen molar-refractivity contribution in [1.82, 2.24) is 0 Å². The molecule has 0 atom stereocenters. The smallest absolute Gasteiger partial charge is 0.308 e. The third kappa shape index (κ3) is 4.07. The maximum atomic E-state index is 12.9. The summed E-state index contributed by atoms with van der Waals surface area (Å²) in [7, 11) is -4.82. The van der Waals surface area contributed by atoms with Crippen molar-refractivity contribution in [2.75, 3.05) is 10.6 Å². The monoisotopic (exact) mass is 318 g/mol. The molecule has 2 rings (SSSR count). The van der Waals surface area contributed by atoms with Crippen LogP contribution in [0.15, 0.2) is 53.4 Å². The lowest BCUT2D eigenvalue weighted by Crippen LogP contribution is -2.19. The predicted octanol–water partition coefficient (Wildman–Crippen LogP) is 2.97. The molecule has 0 spiro atoms. The number of urea groups is 1. The third-order valence-electron chi connectivity index (χ3n) is 2.68. The van der Waals surface area contributed by atoms with Gasteiger partial charge in [0, 0.05) is 16.9 Å². The van der Waals surface area contributed by atoms with E-state index in [2.05, 4.69) is 16.6 Å². The van der Waals surface area contributed by atoms with Crippen molar-refractivity contribution in [3.8, 4) is 12.3 Å². The Hall–Kier alpha value is -2.85. The minimum absolute atomic E-state index is 0.150. The standard InChI is InChI=1S/C15H11FN2O3S/c1-2-11-6-8-12(9-7-11)17-15(19)18-13-4-3-5-14(10-13)22(16,20)21/h1,3-10H,(H2,17,18,19). The van der Waals surface area contributed by atoms with E-state index in [9.17, 15) is 17.1 Å². The van der Waals surface area contributed by atoms with Gasteiger partial charge in [-0.1, -0.05) is 12.0 Å². The topological polar surface area (TPSA) is 75.3 Å². The number of rotatable bonds is 3. The first-order chi connectivity index (χ1) is 10.4. The van der Waals surface area contributed by atoms with Gasteiger partial charge in [0.1, 0.15) is 4.90 Å². The summed E-state index contributed by atoms with van der Waals surface area (Å²) in [5.41, 5.74) is 1.33. The van der Waals surface area contributed by atoms with Gasteiger partial charge in [0.15, 0.2) is 0 Å². The van der Waals surface area contributed by atoms with Crippen LogP contribution < -0.4 is 10.6 Å². The number of halogens is 1. The molecule has 0 fully saturated rings. The molecule has 0 radical (unpaired) electrons. The molecule has 2 aromatic carbocycles. The van der Waals surface area contributed by atoms with Crippen LogP contribution in [0, 0.1) is 12.3 Å². The second-order valence-electron chi connectivity index (χ2n) is 4.27. The van der Waals surface area contributed by atoms with Gasteiger partial charge in [-0.25, -0.2) is 4.79 Å². The highest BCUT2D eigenvalue weighted by atomic mass is 32.3. The fraction of sp³-hybridized carbons (Fsp3) is 0. The molecule has 0 saturated heterocycles. The van der Waals surface area contributed by atoms with Crippen molar-refractivity contribution in [2.24, 2.45) is 0 Å². The Kier molecular flexibility index (Phi) is 4.44. The van der Waals surface area contributed by atoms with E-state index in [0.717, 1.165) is 12.1 Å². The Morgan fingerprint density at radius 2 is 1.68 bits per heavy atom. The zero-order valence-corrected chi connectivity index (χ0v) is 12.0. The zero-order chi connectivity index (χ0) is 16.2. The molecule has 0 aliphatic carbocycles. The Balaban J connectivity index is 2.07. The van der Waals surface area contributed by atoms with Crippen LogP contribution >= 0.6 is 0 Å². The molecule has 0 aromatic heterocycles. The van der Waals surface area contributed by atoms with E-state index in [1.807, 2.05) is 0 Å². The molecule has 0 saturated carbocycles. The molecule has 0 heterocycles. The molecule has 2 aromatic rings. The number of nitrogens with one attached hydrogen (secondary N) is 2. The van der Waals surface area contributed by atoms with Gasteiger partial charge >= 0.3 is 16.3 Å². The van der Waals surface area contributed by atoms with Crippen LogP contribution in [0.4, 0.5) is 20.1 Å². The lowest BCUT2D eigenvalue weighted by molar-refractivity contribution is 0.262. The van der Waals surface area contributed by atoms with Gasteiger partial charge < -0.3 is 10.6 Å². The van der Waals surface area contributed by atoms with Crippen LogP contribution in [-0.2, 0) is 10.2 Å². The number of amides is 2. The summed E-state index contributed by atoms with van der Waals surface area (Å²) in [6.45, 7) is 0. The highest BCUT2D eigenvalue weighted by Crippen LogP contribution is 2.17. The molecule has 22 heavy (non-hydrogen) atoms. The number of hydrogen-bond donors (Lipinski definition) is 2. The quantitative estimate of drug-likeness (QED) is 0.675. The van der Waals surface area contributed by atoms with E-state index in [1.54, 1.807) is 24.3 Å². The summed E-state index contributed by atoms with van der Waals surface area (Å²) in [6.07, 6.45) is 5.22. The van der Waals surface area contributed by atoms with E-state index in [-0.39, 0.29) is 5.69 Å². The molecule has 112 valence electrons. The number of hydrogen-bond acceptors (Lipinski definition) is 3. The average Bonchev–Trinajstić information content (AvgIpc) is 2.47. The SMILES string of the molecule is C#Cc1ccc(NC(=O)Nc2cccc(S(=O)(=O)F)c2)cc1. The van der Waals surface area contributed by atoms with Gasteiger partial charge in [0.25, 0.3) is 0 Å². The Bertz CT molecular complexity index is 840. The first-order valence-corrected chi connectivity index (χ1v) is 7.46. The van der Waals surface area contributed by atoms with Gasteiger partial charge in [-0.05, 0) is 42.5 Å². The van der Waals surface area contributed by atoms with Gasteiger partial charge in [0.05, 0.1) is 0 Å². The van der Waals surface area contributed by atoms with Crippen molar-refractivity contribution in [2.45, 2.75) is 4.90 Å². The normalized spacial score (nSPS) is 10.5. The highest BCUT2D eigenvalue weighted by Gasteiger charge is 2.12. The largest absolute Gasteiger partial charge is 0.332 e. The molecule has 7 heteroatoms. The van der Waals surface area contributed by atoms with Gasteiger partial charge in [-0.2, -0.15) is 8.42 Å². The maximum absolute atomic E-state index is 12.9. The Morgan fingerprint density at radius 3 is 2.27 bits per heavy atom. The Labute approximate surface area is 127 Å². The Morgan fingerprint density at radius 1 is 1.05 bits per heavy atom. The molecule has 5 nitrogen and oxygen atoms in total. The van der Waals surface area contributed by atoms with Crippen LogP contribution in [0.5, 0.6) is 0 Å². The first kappa shape index (κ1) is 15.5. The summed E-state index contributed by atoms with van der Waals surface area (Å²) in [5.74, 6) is 2.45. The summed E-state index contributed by atoms with van der Waals surface area (Å²) in [6, 6.07) is 10.8. The number of terminal acetylenes is 1. The fourth-order valence-corrected chi connectivity index (χ4v) is 2.18. The third-order valence-corrected chi connectivity index (χ3v) is 3.50. The van der Waals surface area contributed by atoms with Crippen molar-refractivity contribution >= 4 is 27.6 Å². The lowest BCUT2D eigenvalue weighted by Gasteiger charge is -2.08. The molecule has 2 N–H and O–H groups in total.